The fourth-order valence-electron chi connectivity index (χ4n) is 3.28. The maximum atomic E-state index is 12.2. The van der Waals surface area contributed by atoms with Crippen molar-refractivity contribution >= 4 is 34.1 Å². The summed E-state index contributed by atoms with van der Waals surface area (Å²) in [7, 11) is 0. The Kier molecular flexibility index (Phi) is 7.01. The van der Waals surface area contributed by atoms with Gasteiger partial charge in [-0.25, -0.2) is 0 Å². The van der Waals surface area contributed by atoms with Crippen molar-refractivity contribution in [3.05, 3.63) is 10.8 Å². The van der Waals surface area contributed by atoms with E-state index in [2.05, 4.69) is 37.2 Å². The number of nitrogens with one attached hydrogen (secondary N) is 1. The van der Waals surface area contributed by atoms with Crippen LogP contribution in [0.25, 0.3) is 0 Å². The lowest BCUT2D eigenvalue weighted by atomic mass is 9.87. The Bertz CT molecular complexity index is 723. The maximum Gasteiger partial charge on any atom is 0.236 e. The molecule has 26 heavy (non-hydrogen) atoms. The van der Waals surface area contributed by atoms with Crippen molar-refractivity contribution in [2.75, 3.05) is 11.1 Å². The molecule has 2 heterocycles. The van der Waals surface area contributed by atoms with Crippen LogP contribution in [-0.4, -0.2) is 36.6 Å². The van der Waals surface area contributed by atoms with Gasteiger partial charge in [-0.15, -0.1) is 20.4 Å². The zero-order valence-electron chi connectivity index (χ0n) is 15.4. The molecule has 0 aliphatic heterocycles. The second kappa shape index (κ2) is 9.45. The lowest BCUT2D eigenvalue weighted by Crippen LogP contribution is -2.15. The largest absolute Gasteiger partial charge is 0.306 e. The van der Waals surface area contributed by atoms with E-state index in [0.29, 0.717) is 10.9 Å². The van der Waals surface area contributed by atoms with Crippen molar-refractivity contribution in [2.24, 2.45) is 5.92 Å². The Morgan fingerprint density at radius 2 is 2.00 bits per heavy atom. The first-order valence-corrected chi connectivity index (χ1v) is 11.2. The van der Waals surface area contributed by atoms with Gasteiger partial charge in [0, 0.05) is 13.0 Å². The molecule has 2 aromatic rings. The van der Waals surface area contributed by atoms with E-state index in [1.165, 1.54) is 55.2 Å². The summed E-state index contributed by atoms with van der Waals surface area (Å²) in [6.45, 7) is 4.95. The molecular weight excluding hydrogens is 368 g/mol. The summed E-state index contributed by atoms with van der Waals surface area (Å²) in [6, 6.07) is 0. The summed E-state index contributed by atoms with van der Waals surface area (Å²) < 4.78 is 2.15. The maximum absolute atomic E-state index is 12.2. The van der Waals surface area contributed by atoms with Gasteiger partial charge in [-0.2, -0.15) is 0 Å². The first-order valence-electron chi connectivity index (χ1n) is 9.36. The fourth-order valence-corrected chi connectivity index (χ4v) is 4.79. The van der Waals surface area contributed by atoms with E-state index in [-0.39, 0.29) is 5.91 Å². The molecule has 2 aromatic heterocycles. The van der Waals surface area contributed by atoms with Crippen LogP contribution in [0.3, 0.4) is 0 Å². The number of hydrogen-bond donors (Lipinski definition) is 1. The molecule has 1 saturated carbocycles. The topological polar surface area (TPSA) is 85.6 Å². The second-order valence-corrected chi connectivity index (χ2v) is 8.55. The summed E-state index contributed by atoms with van der Waals surface area (Å²) >= 11 is 2.85. The highest BCUT2D eigenvalue weighted by molar-refractivity contribution is 7.99. The Morgan fingerprint density at radius 3 is 2.69 bits per heavy atom. The van der Waals surface area contributed by atoms with E-state index >= 15 is 0 Å². The normalized spacial score (nSPS) is 15.3. The van der Waals surface area contributed by atoms with Crippen LogP contribution in [0, 0.1) is 5.92 Å². The van der Waals surface area contributed by atoms with Crippen LogP contribution in [0.2, 0.25) is 0 Å². The standard InChI is InChI=1S/C17H26N6OS2/c1-3-15-20-21-16(26-15)18-14(24)11-25-17-22-19-13(23(17)4-2)10-12-8-6-5-7-9-12/h12H,3-11H2,1-2H3,(H,18,21,24). The summed E-state index contributed by atoms with van der Waals surface area (Å²) in [6.07, 6.45) is 8.44. The van der Waals surface area contributed by atoms with Gasteiger partial charge >= 0.3 is 0 Å². The monoisotopic (exact) mass is 394 g/mol. The molecule has 0 saturated heterocycles. The minimum absolute atomic E-state index is 0.0895. The highest BCUT2D eigenvalue weighted by Gasteiger charge is 2.19. The number of rotatable bonds is 8. The number of anilines is 1. The molecule has 0 unspecified atom stereocenters. The smallest absolute Gasteiger partial charge is 0.236 e. The van der Waals surface area contributed by atoms with E-state index in [0.717, 1.165) is 41.3 Å². The summed E-state index contributed by atoms with van der Waals surface area (Å²) in [5.41, 5.74) is 0. The molecule has 1 aliphatic carbocycles. The molecule has 9 heteroatoms. The van der Waals surface area contributed by atoms with Crippen LogP contribution in [-0.2, 0) is 24.2 Å². The van der Waals surface area contributed by atoms with E-state index in [4.69, 9.17) is 0 Å². The molecule has 0 radical (unpaired) electrons. The lowest BCUT2D eigenvalue weighted by molar-refractivity contribution is -0.113. The highest BCUT2D eigenvalue weighted by Crippen LogP contribution is 2.27. The minimum Gasteiger partial charge on any atom is -0.306 e. The van der Waals surface area contributed by atoms with Gasteiger partial charge < -0.3 is 4.57 Å². The van der Waals surface area contributed by atoms with Crippen LogP contribution in [0.4, 0.5) is 5.13 Å². The molecular formula is C17H26N6OS2. The molecule has 1 aliphatic rings. The fraction of sp³-hybridized carbons (Fsp3) is 0.706. The average Bonchev–Trinajstić information content (AvgIpc) is 3.27. The van der Waals surface area contributed by atoms with E-state index in [1.807, 2.05) is 6.92 Å². The molecule has 142 valence electrons. The second-order valence-electron chi connectivity index (χ2n) is 6.54. The average molecular weight is 395 g/mol. The molecule has 1 N–H and O–H groups in total. The number of carbonyl (C=O) groups is 1. The first kappa shape index (κ1) is 19.3. The van der Waals surface area contributed by atoms with Gasteiger partial charge in [-0.3, -0.25) is 10.1 Å². The molecule has 0 spiro atoms. The number of nitrogens with zero attached hydrogens (tertiary/aromatic N) is 5. The van der Waals surface area contributed by atoms with Crippen LogP contribution >= 0.6 is 23.1 Å². The predicted octanol–water partition coefficient (Wildman–Crippen LogP) is 3.57. The Balaban J connectivity index is 1.54. The Labute approximate surface area is 162 Å². The van der Waals surface area contributed by atoms with Crippen LogP contribution in [0.15, 0.2) is 5.16 Å². The molecule has 0 bridgehead atoms. The third kappa shape index (κ3) is 5.03. The van der Waals surface area contributed by atoms with Crippen LogP contribution < -0.4 is 5.32 Å². The lowest BCUT2D eigenvalue weighted by Gasteiger charge is -2.21. The van der Waals surface area contributed by atoms with Crippen molar-refractivity contribution in [1.82, 2.24) is 25.0 Å². The van der Waals surface area contributed by atoms with E-state index in [9.17, 15) is 4.79 Å². The van der Waals surface area contributed by atoms with Gasteiger partial charge in [-0.1, -0.05) is 62.1 Å². The van der Waals surface area contributed by atoms with Gasteiger partial charge in [-0.05, 0) is 19.3 Å². The third-order valence-corrected chi connectivity index (χ3v) is 6.60. The van der Waals surface area contributed by atoms with Gasteiger partial charge in [0.25, 0.3) is 0 Å². The number of aryl methyl sites for hydroxylation is 1. The number of thioether (sulfide) groups is 1. The van der Waals surface area contributed by atoms with Crippen molar-refractivity contribution in [2.45, 2.75) is 70.5 Å². The van der Waals surface area contributed by atoms with Crippen LogP contribution in [0.1, 0.15) is 56.8 Å². The zero-order valence-corrected chi connectivity index (χ0v) is 17.0. The van der Waals surface area contributed by atoms with Gasteiger partial charge in [0.2, 0.25) is 11.0 Å². The summed E-state index contributed by atoms with van der Waals surface area (Å²) in [4.78, 5) is 12.2. The van der Waals surface area contributed by atoms with E-state index in [1.54, 1.807) is 0 Å². The van der Waals surface area contributed by atoms with Gasteiger partial charge in [0.05, 0.1) is 5.75 Å². The number of hydrogen-bond acceptors (Lipinski definition) is 7. The molecule has 7 nitrogen and oxygen atoms in total. The van der Waals surface area contributed by atoms with Crippen molar-refractivity contribution in [3.8, 4) is 0 Å². The zero-order chi connectivity index (χ0) is 18.4. The number of aromatic nitrogens is 5. The predicted molar refractivity (Wildman–Crippen MR) is 105 cm³/mol. The SMILES string of the molecule is CCc1nnc(NC(=O)CSc2nnc(CC3CCCCC3)n2CC)s1. The first-order chi connectivity index (χ1) is 12.7. The summed E-state index contributed by atoms with van der Waals surface area (Å²) in [5.74, 6) is 1.99. The quantitative estimate of drug-likeness (QED) is 0.689. The third-order valence-electron chi connectivity index (χ3n) is 4.65. The number of amides is 1. The van der Waals surface area contributed by atoms with Crippen molar-refractivity contribution < 1.29 is 4.79 Å². The molecule has 0 aromatic carbocycles. The molecule has 3 rings (SSSR count). The van der Waals surface area contributed by atoms with E-state index < -0.39 is 0 Å². The minimum atomic E-state index is -0.0895. The summed E-state index contributed by atoms with van der Waals surface area (Å²) in [5, 5.41) is 21.8. The van der Waals surface area contributed by atoms with Crippen LogP contribution in [0.5, 0.6) is 0 Å². The van der Waals surface area contributed by atoms with Crippen molar-refractivity contribution in [3.63, 3.8) is 0 Å². The molecule has 0 atom stereocenters. The molecule has 1 amide bonds. The number of carbonyl (C=O) groups excluding carboxylic acids is 1. The van der Waals surface area contributed by atoms with Gasteiger partial charge in [0.15, 0.2) is 5.16 Å². The Hall–Kier alpha value is -1.48. The Morgan fingerprint density at radius 1 is 1.19 bits per heavy atom. The highest BCUT2D eigenvalue weighted by atomic mass is 32.2. The van der Waals surface area contributed by atoms with Crippen molar-refractivity contribution in [1.29, 1.82) is 0 Å². The van der Waals surface area contributed by atoms with Gasteiger partial charge in [0.1, 0.15) is 10.8 Å². The molecule has 1 fully saturated rings.